The molecule has 2 fully saturated rings. The molecule has 0 aliphatic heterocycles. The zero-order valence-electron chi connectivity index (χ0n) is 13.6. The van der Waals surface area contributed by atoms with Crippen LogP contribution < -0.4 is 0 Å². The highest BCUT2D eigenvalue weighted by atomic mass is 19.3. The summed E-state index contributed by atoms with van der Waals surface area (Å²) in [6.45, 7) is 2.28. The molecule has 0 aromatic carbocycles. The van der Waals surface area contributed by atoms with Gasteiger partial charge in [-0.1, -0.05) is 45.4 Å². The zero-order valence-corrected chi connectivity index (χ0v) is 13.6. The summed E-state index contributed by atoms with van der Waals surface area (Å²) in [5.41, 5.74) is 0. The summed E-state index contributed by atoms with van der Waals surface area (Å²) in [5, 5.41) is 0. The SMILES string of the molecule is CCCCCC1CCC(C2CCC(C=C(F)F)CC2)CC1. The second-order valence-electron chi connectivity index (χ2n) is 7.41. The lowest BCUT2D eigenvalue weighted by atomic mass is 9.68. The van der Waals surface area contributed by atoms with Crippen molar-refractivity contribution in [2.75, 3.05) is 0 Å². The van der Waals surface area contributed by atoms with Crippen LogP contribution in [-0.4, -0.2) is 0 Å². The maximum Gasteiger partial charge on any atom is 0.266 e. The fourth-order valence-corrected chi connectivity index (χ4v) is 4.59. The van der Waals surface area contributed by atoms with E-state index in [2.05, 4.69) is 6.92 Å². The minimum atomic E-state index is -1.48. The Morgan fingerprint density at radius 1 is 0.857 bits per heavy atom. The Morgan fingerprint density at radius 2 is 1.43 bits per heavy atom. The Balaban J connectivity index is 1.66. The Hall–Kier alpha value is -0.400. The van der Waals surface area contributed by atoms with Crippen molar-refractivity contribution < 1.29 is 8.78 Å². The van der Waals surface area contributed by atoms with E-state index in [9.17, 15) is 8.78 Å². The molecule has 2 aliphatic carbocycles. The van der Waals surface area contributed by atoms with Gasteiger partial charge >= 0.3 is 0 Å². The topological polar surface area (TPSA) is 0 Å². The largest absolute Gasteiger partial charge is 0.266 e. The number of unbranched alkanes of at least 4 members (excludes halogenated alkanes) is 2. The number of hydrogen-bond acceptors (Lipinski definition) is 0. The third-order valence-electron chi connectivity index (χ3n) is 5.95. The van der Waals surface area contributed by atoms with Gasteiger partial charge in [-0.3, -0.25) is 0 Å². The molecule has 0 radical (unpaired) electrons. The van der Waals surface area contributed by atoms with Crippen molar-refractivity contribution in [2.24, 2.45) is 23.7 Å². The second kappa shape index (κ2) is 8.90. The highest BCUT2D eigenvalue weighted by Gasteiger charge is 2.30. The predicted molar refractivity (Wildman–Crippen MR) is 85.3 cm³/mol. The fraction of sp³-hybridized carbons (Fsp3) is 0.895. The molecule has 2 saturated carbocycles. The Kier molecular flexibility index (Phi) is 7.19. The normalized spacial score (nSPS) is 33.7. The van der Waals surface area contributed by atoms with E-state index in [1.807, 2.05) is 0 Å². The van der Waals surface area contributed by atoms with E-state index in [0.29, 0.717) is 0 Å². The number of allylic oxidation sites excluding steroid dienone is 1. The van der Waals surface area contributed by atoms with E-state index >= 15 is 0 Å². The molecule has 0 saturated heterocycles. The maximum atomic E-state index is 12.3. The van der Waals surface area contributed by atoms with Crippen LogP contribution in [0.4, 0.5) is 8.78 Å². The lowest BCUT2D eigenvalue weighted by Crippen LogP contribution is -2.25. The monoisotopic (exact) mass is 298 g/mol. The first-order chi connectivity index (χ1) is 10.2. The van der Waals surface area contributed by atoms with Gasteiger partial charge in [0.15, 0.2) is 0 Å². The van der Waals surface area contributed by atoms with Crippen LogP contribution in [0, 0.1) is 23.7 Å². The van der Waals surface area contributed by atoms with E-state index in [4.69, 9.17) is 0 Å². The molecular weight excluding hydrogens is 266 g/mol. The van der Waals surface area contributed by atoms with E-state index < -0.39 is 6.08 Å². The van der Waals surface area contributed by atoms with Gasteiger partial charge in [0, 0.05) is 0 Å². The molecule has 21 heavy (non-hydrogen) atoms. The van der Waals surface area contributed by atoms with Crippen LogP contribution in [0.15, 0.2) is 12.2 Å². The highest BCUT2D eigenvalue weighted by molar-refractivity contribution is 4.92. The Morgan fingerprint density at radius 3 is 1.95 bits per heavy atom. The van der Waals surface area contributed by atoms with E-state index in [1.54, 1.807) is 0 Å². The third kappa shape index (κ3) is 5.71. The first-order valence-electron chi connectivity index (χ1n) is 9.21. The Bertz CT molecular complexity index is 304. The van der Waals surface area contributed by atoms with Gasteiger partial charge in [-0.15, -0.1) is 0 Å². The maximum absolute atomic E-state index is 12.3. The number of halogens is 2. The molecule has 0 unspecified atom stereocenters. The number of rotatable bonds is 6. The lowest BCUT2D eigenvalue weighted by molar-refractivity contribution is 0.150. The summed E-state index contributed by atoms with van der Waals surface area (Å²) in [7, 11) is 0. The van der Waals surface area contributed by atoms with Crippen molar-refractivity contribution in [1.29, 1.82) is 0 Å². The molecule has 0 amide bonds. The van der Waals surface area contributed by atoms with Crippen LogP contribution in [0.1, 0.15) is 84.0 Å². The van der Waals surface area contributed by atoms with Gasteiger partial charge in [0.1, 0.15) is 0 Å². The van der Waals surface area contributed by atoms with Crippen molar-refractivity contribution in [3.05, 3.63) is 12.2 Å². The van der Waals surface area contributed by atoms with Gasteiger partial charge in [0.05, 0.1) is 0 Å². The summed E-state index contributed by atoms with van der Waals surface area (Å²) in [6, 6.07) is 0. The van der Waals surface area contributed by atoms with Crippen LogP contribution in [0.2, 0.25) is 0 Å². The van der Waals surface area contributed by atoms with Gasteiger partial charge in [-0.25, -0.2) is 0 Å². The average molecular weight is 298 g/mol. The van der Waals surface area contributed by atoms with E-state index in [1.165, 1.54) is 70.3 Å². The summed E-state index contributed by atoms with van der Waals surface area (Å²) in [4.78, 5) is 0. The zero-order chi connectivity index (χ0) is 15.1. The minimum Gasteiger partial charge on any atom is -0.174 e. The smallest absolute Gasteiger partial charge is 0.174 e. The third-order valence-corrected chi connectivity index (χ3v) is 5.95. The summed E-state index contributed by atoms with van der Waals surface area (Å²) in [5.74, 6) is 2.85. The molecule has 0 N–H and O–H groups in total. The molecule has 0 nitrogen and oxygen atoms in total. The first-order valence-corrected chi connectivity index (χ1v) is 9.21. The van der Waals surface area contributed by atoms with Crippen molar-refractivity contribution in [3.8, 4) is 0 Å². The summed E-state index contributed by atoms with van der Waals surface area (Å²) < 4.78 is 24.6. The first kappa shape index (κ1) is 17.0. The van der Waals surface area contributed by atoms with Crippen LogP contribution in [0.25, 0.3) is 0 Å². The molecule has 0 atom stereocenters. The number of hydrogen-bond donors (Lipinski definition) is 0. The highest BCUT2D eigenvalue weighted by Crippen LogP contribution is 2.42. The van der Waals surface area contributed by atoms with Gasteiger partial charge in [-0.2, -0.15) is 8.78 Å². The molecule has 0 heterocycles. The van der Waals surface area contributed by atoms with Gasteiger partial charge < -0.3 is 0 Å². The quantitative estimate of drug-likeness (QED) is 0.465. The molecule has 122 valence electrons. The van der Waals surface area contributed by atoms with E-state index in [-0.39, 0.29) is 5.92 Å². The lowest BCUT2D eigenvalue weighted by Gasteiger charge is -2.37. The predicted octanol–water partition coefficient (Wildman–Crippen LogP) is 6.96. The van der Waals surface area contributed by atoms with E-state index in [0.717, 1.165) is 30.6 Å². The van der Waals surface area contributed by atoms with Gasteiger partial charge in [0.2, 0.25) is 0 Å². The average Bonchev–Trinajstić information content (AvgIpc) is 2.49. The molecule has 0 aromatic rings. The standard InChI is InChI=1S/C19H32F2/c1-2-3-4-5-15-6-10-17(11-7-15)18-12-8-16(9-13-18)14-19(20)21/h14-18H,2-13H2,1H3. The van der Waals surface area contributed by atoms with Crippen LogP contribution in [-0.2, 0) is 0 Å². The molecule has 2 rings (SSSR count). The fourth-order valence-electron chi connectivity index (χ4n) is 4.59. The van der Waals surface area contributed by atoms with Crippen LogP contribution in [0.3, 0.4) is 0 Å². The van der Waals surface area contributed by atoms with Crippen molar-refractivity contribution in [1.82, 2.24) is 0 Å². The van der Waals surface area contributed by atoms with Gasteiger partial charge in [-0.05, 0) is 68.3 Å². The van der Waals surface area contributed by atoms with Crippen LogP contribution >= 0.6 is 0 Å². The van der Waals surface area contributed by atoms with Crippen molar-refractivity contribution in [3.63, 3.8) is 0 Å². The Labute approximate surface area is 129 Å². The molecule has 2 aliphatic rings. The molecular formula is C19H32F2. The second-order valence-corrected chi connectivity index (χ2v) is 7.41. The van der Waals surface area contributed by atoms with Crippen molar-refractivity contribution >= 4 is 0 Å². The molecule has 2 heteroatoms. The molecule has 0 spiro atoms. The van der Waals surface area contributed by atoms with Gasteiger partial charge in [0.25, 0.3) is 6.08 Å². The minimum absolute atomic E-state index is 0.150. The van der Waals surface area contributed by atoms with Crippen LogP contribution in [0.5, 0.6) is 0 Å². The van der Waals surface area contributed by atoms with Crippen molar-refractivity contribution in [2.45, 2.75) is 84.0 Å². The summed E-state index contributed by atoms with van der Waals surface area (Å²) >= 11 is 0. The molecule has 0 bridgehead atoms. The summed E-state index contributed by atoms with van der Waals surface area (Å²) in [6.07, 6.45) is 15.3. The molecule has 0 aromatic heterocycles.